The zero-order valence-corrected chi connectivity index (χ0v) is 16.4. The van der Waals surface area contributed by atoms with Gasteiger partial charge in [-0.05, 0) is 36.4 Å². The second kappa shape index (κ2) is 8.24. The van der Waals surface area contributed by atoms with Gasteiger partial charge < -0.3 is 14.8 Å². The third kappa shape index (κ3) is 4.02. The molecule has 1 saturated heterocycles. The third-order valence-electron chi connectivity index (χ3n) is 4.30. The fourth-order valence-corrected chi connectivity index (χ4v) is 2.99. The van der Waals surface area contributed by atoms with Crippen LogP contribution in [0.1, 0.15) is 0 Å². The Kier molecular flexibility index (Phi) is 5.74. The van der Waals surface area contributed by atoms with Crippen molar-refractivity contribution in [2.24, 2.45) is 5.92 Å². The molecule has 0 radical (unpaired) electrons. The fraction of sp³-hybridized carbons (Fsp3) is 0.150. The number of rotatable bonds is 6. The Labute approximate surface area is 172 Å². The first-order valence-corrected chi connectivity index (χ1v) is 8.85. The molecular weight excluding hydrogens is 398 g/mol. The van der Waals surface area contributed by atoms with E-state index in [9.17, 15) is 14.4 Å². The van der Waals surface area contributed by atoms with E-state index in [1.54, 1.807) is 18.2 Å². The zero-order chi connectivity index (χ0) is 21.1. The summed E-state index contributed by atoms with van der Waals surface area (Å²) in [6, 6.07) is 10.2. The van der Waals surface area contributed by atoms with Crippen LogP contribution in [0.4, 0.5) is 16.2 Å². The van der Waals surface area contributed by atoms with Crippen LogP contribution in [0.25, 0.3) is 0 Å². The van der Waals surface area contributed by atoms with Gasteiger partial charge in [0.05, 0.1) is 25.6 Å². The molecule has 1 heterocycles. The Morgan fingerprint density at radius 3 is 2.41 bits per heavy atom. The minimum Gasteiger partial charge on any atom is -0.497 e. The summed E-state index contributed by atoms with van der Waals surface area (Å²) >= 11 is 5.86. The molecule has 0 bridgehead atoms. The van der Waals surface area contributed by atoms with Crippen molar-refractivity contribution in [1.82, 2.24) is 5.32 Å². The monoisotopic (exact) mass is 415 g/mol. The molecule has 1 aliphatic heterocycles. The minimum atomic E-state index is -1.32. The maximum atomic E-state index is 13.0. The topological polar surface area (TPSA) is 97.0 Å². The van der Waals surface area contributed by atoms with Crippen molar-refractivity contribution in [1.29, 1.82) is 0 Å². The standard InChI is InChI=1S/C20H18ClN3O5/c1-11(22-15-9-8-14(28-2)10-16(15)29-3)17-18(25)23-20(27)24(19(17)26)13-6-4-12(21)5-7-13/h4-10,17,22H,1H2,2-3H3,(H,23,25,27)/t17-/m1/s1. The van der Waals surface area contributed by atoms with Crippen LogP contribution in [0, 0.1) is 5.92 Å². The van der Waals surface area contributed by atoms with Gasteiger partial charge in [-0.15, -0.1) is 0 Å². The van der Waals surface area contributed by atoms with Gasteiger partial charge in [0.25, 0.3) is 5.91 Å². The van der Waals surface area contributed by atoms with Crippen molar-refractivity contribution >= 4 is 40.8 Å². The molecule has 0 aliphatic carbocycles. The number of imide groups is 2. The lowest BCUT2D eigenvalue weighted by atomic mass is 10.0. The van der Waals surface area contributed by atoms with Gasteiger partial charge in [0.15, 0.2) is 5.92 Å². The number of barbiturate groups is 1. The molecule has 2 aromatic rings. The number of hydrogen-bond donors (Lipinski definition) is 2. The van der Waals surface area contributed by atoms with Crippen molar-refractivity contribution < 1.29 is 23.9 Å². The Morgan fingerprint density at radius 1 is 1.10 bits per heavy atom. The highest BCUT2D eigenvalue weighted by molar-refractivity contribution is 6.31. The smallest absolute Gasteiger partial charge is 0.335 e. The number of carbonyl (C=O) groups excluding carboxylic acids is 3. The van der Waals surface area contributed by atoms with E-state index in [1.165, 1.54) is 38.5 Å². The Morgan fingerprint density at radius 2 is 1.79 bits per heavy atom. The summed E-state index contributed by atoms with van der Waals surface area (Å²) in [5.41, 5.74) is 0.848. The Balaban J connectivity index is 1.87. The Hall–Kier alpha value is -3.52. The number of methoxy groups -OCH3 is 2. The molecule has 1 atom stereocenters. The van der Waals surface area contributed by atoms with Gasteiger partial charge in [-0.25, -0.2) is 9.69 Å². The molecule has 0 unspecified atom stereocenters. The van der Waals surface area contributed by atoms with Gasteiger partial charge in [-0.3, -0.25) is 14.9 Å². The van der Waals surface area contributed by atoms with Gasteiger partial charge in [0, 0.05) is 16.8 Å². The normalized spacial score (nSPS) is 16.3. The summed E-state index contributed by atoms with van der Waals surface area (Å²) in [7, 11) is 3.00. The van der Waals surface area contributed by atoms with Crippen LogP contribution in [0.15, 0.2) is 54.7 Å². The SMILES string of the molecule is C=C(Nc1ccc(OC)cc1OC)[C@@H]1C(=O)NC(=O)N(c2ccc(Cl)cc2)C1=O. The van der Waals surface area contributed by atoms with E-state index in [0.29, 0.717) is 22.2 Å². The summed E-state index contributed by atoms with van der Waals surface area (Å²) < 4.78 is 10.5. The van der Waals surface area contributed by atoms with E-state index >= 15 is 0 Å². The molecule has 0 aromatic heterocycles. The van der Waals surface area contributed by atoms with Crippen molar-refractivity contribution in [3.05, 3.63) is 59.8 Å². The molecule has 3 rings (SSSR count). The van der Waals surface area contributed by atoms with E-state index in [0.717, 1.165) is 4.90 Å². The zero-order valence-electron chi connectivity index (χ0n) is 15.7. The summed E-state index contributed by atoms with van der Waals surface area (Å²) in [6.07, 6.45) is 0. The molecule has 8 nitrogen and oxygen atoms in total. The highest BCUT2D eigenvalue weighted by atomic mass is 35.5. The molecule has 150 valence electrons. The molecule has 1 fully saturated rings. The molecule has 2 N–H and O–H groups in total. The summed E-state index contributed by atoms with van der Waals surface area (Å²) in [6.45, 7) is 3.82. The predicted octanol–water partition coefficient (Wildman–Crippen LogP) is 3.18. The molecule has 9 heteroatoms. The molecule has 2 aromatic carbocycles. The fourth-order valence-electron chi connectivity index (χ4n) is 2.86. The number of benzene rings is 2. The van der Waals surface area contributed by atoms with E-state index in [1.807, 2.05) is 0 Å². The first-order chi connectivity index (χ1) is 13.8. The van der Waals surface area contributed by atoms with Crippen molar-refractivity contribution in [2.75, 3.05) is 24.4 Å². The quantitative estimate of drug-likeness (QED) is 0.703. The van der Waals surface area contributed by atoms with E-state index < -0.39 is 23.8 Å². The number of ether oxygens (including phenoxy) is 2. The summed E-state index contributed by atoms with van der Waals surface area (Å²) in [5, 5.41) is 5.55. The molecule has 0 spiro atoms. The van der Waals surface area contributed by atoms with E-state index in [-0.39, 0.29) is 11.4 Å². The van der Waals surface area contributed by atoms with Crippen LogP contribution in [0.3, 0.4) is 0 Å². The lowest BCUT2D eigenvalue weighted by molar-refractivity contribution is -0.132. The second-order valence-electron chi connectivity index (χ2n) is 6.09. The number of anilines is 2. The molecule has 4 amide bonds. The number of carbonyl (C=O) groups is 3. The summed E-state index contributed by atoms with van der Waals surface area (Å²) in [5.74, 6) is -1.82. The number of nitrogens with zero attached hydrogens (tertiary/aromatic N) is 1. The number of halogens is 1. The van der Waals surface area contributed by atoms with Gasteiger partial charge in [0.1, 0.15) is 11.5 Å². The van der Waals surface area contributed by atoms with E-state index in [2.05, 4.69) is 17.2 Å². The molecular formula is C20H18ClN3O5. The predicted molar refractivity (Wildman–Crippen MR) is 108 cm³/mol. The third-order valence-corrected chi connectivity index (χ3v) is 4.55. The summed E-state index contributed by atoms with van der Waals surface area (Å²) in [4.78, 5) is 38.5. The van der Waals surface area contributed by atoms with Crippen LogP contribution in [0.2, 0.25) is 5.02 Å². The average molecular weight is 416 g/mol. The van der Waals surface area contributed by atoms with Crippen LogP contribution in [-0.4, -0.2) is 32.1 Å². The number of hydrogen-bond acceptors (Lipinski definition) is 6. The lowest BCUT2D eigenvalue weighted by Gasteiger charge is -2.31. The maximum Gasteiger partial charge on any atom is 0.335 e. The minimum absolute atomic E-state index is 0.0856. The molecule has 29 heavy (non-hydrogen) atoms. The number of nitrogens with one attached hydrogen (secondary N) is 2. The van der Waals surface area contributed by atoms with Crippen molar-refractivity contribution in [3.63, 3.8) is 0 Å². The number of urea groups is 1. The first kappa shape index (κ1) is 20.2. The molecule has 0 saturated carbocycles. The van der Waals surface area contributed by atoms with Crippen molar-refractivity contribution in [2.45, 2.75) is 0 Å². The number of amides is 4. The van der Waals surface area contributed by atoms with Crippen LogP contribution < -0.4 is 25.0 Å². The second-order valence-corrected chi connectivity index (χ2v) is 6.53. The van der Waals surface area contributed by atoms with Crippen LogP contribution in [0.5, 0.6) is 11.5 Å². The average Bonchev–Trinajstić information content (AvgIpc) is 2.69. The van der Waals surface area contributed by atoms with Gasteiger partial charge >= 0.3 is 6.03 Å². The van der Waals surface area contributed by atoms with Gasteiger partial charge in [0.2, 0.25) is 5.91 Å². The lowest BCUT2D eigenvalue weighted by Crippen LogP contribution is -2.59. The highest BCUT2D eigenvalue weighted by Gasteiger charge is 2.43. The van der Waals surface area contributed by atoms with Gasteiger partial charge in [-0.2, -0.15) is 0 Å². The van der Waals surface area contributed by atoms with Crippen molar-refractivity contribution in [3.8, 4) is 11.5 Å². The highest BCUT2D eigenvalue weighted by Crippen LogP contribution is 2.32. The van der Waals surface area contributed by atoms with Gasteiger partial charge in [-0.1, -0.05) is 18.2 Å². The van der Waals surface area contributed by atoms with Crippen LogP contribution >= 0.6 is 11.6 Å². The maximum absolute atomic E-state index is 13.0. The van der Waals surface area contributed by atoms with Crippen LogP contribution in [-0.2, 0) is 9.59 Å². The largest absolute Gasteiger partial charge is 0.497 e. The first-order valence-electron chi connectivity index (χ1n) is 8.48. The molecule has 1 aliphatic rings. The van der Waals surface area contributed by atoms with E-state index in [4.69, 9.17) is 21.1 Å². The Bertz CT molecular complexity index is 990.